The number of aryl methyl sites for hydroxylation is 1. The zero-order valence-corrected chi connectivity index (χ0v) is 9.62. The highest BCUT2D eigenvalue weighted by atomic mass is 32.2. The molecule has 0 spiro atoms. The van der Waals surface area contributed by atoms with Crippen molar-refractivity contribution in [2.45, 2.75) is 6.92 Å². The molecule has 5 heteroatoms. The lowest BCUT2D eigenvalue weighted by molar-refractivity contribution is -0.124. The highest BCUT2D eigenvalue weighted by Crippen LogP contribution is 2.21. The van der Waals surface area contributed by atoms with E-state index in [2.05, 4.69) is 0 Å². The molecule has 2 amide bonds. The summed E-state index contributed by atoms with van der Waals surface area (Å²) in [5.74, 6) is -0.909. The van der Waals surface area contributed by atoms with E-state index in [-0.39, 0.29) is 23.3 Å². The third-order valence-electron chi connectivity index (χ3n) is 2.42. The van der Waals surface area contributed by atoms with Gasteiger partial charge in [0.2, 0.25) is 11.8 Å². The van der Waals surface area contributed by atoms with Gasteiger partial charge in [0.15, 0.2) is 0 Å². The lowest BCUT2D eigenvalue weighted by Gasteiger charge is -2.25. The molecule has 0 bridgehead atoms. The van der Waals surface area contributed by atoms with Crippen molar-refractivity contribution in [3.05, 3.63) is 29.8 Å². The summed E-state index contributed by atoms with van der Waals surface area (Å²) in [5.41, 5.74) is 1.45. The van der Waals surface area contributed by atoms with E-state index in [9.17, 15) is 13.8 Å². The number of amides is 2. The molecule has 1 heterocycles. The largest absolute Gasteiger partial charge is 0.273 e. The maximum atomic E-state index is 11.7. The number of hydrogen-bond donors (Lipinski definition) is 0. The number of imide groups is 1. The van der Waals surface area contributed by atoms with E-state index >= 15 is 0 Å². The van der Waals surface area contributed by atoms with Gasteiger partial charge >= 0.3 is 0 Å². The fourth-order valence-corrected chi connectivity index (χ4v) is 2.59. The highest BCUT2D eigenvalue weighted by molar-refractivity contribution is 7.86. The number of rotatable bonds is 1. The van der Waals surface area contributed by atoms with E-state index in [1.807, 2.05) is 19.1 Å². The maximum Gasteiger partial charge on any atom is 0.246 e. The SMILES string of the molecule is Cc1ccccc1N1C(=O)CS(=O)CC1=O. The Morgan fingerprint density at radius 2 is 1.69 bits per heavy atom. The van der Waals surface area contributed by atoms with Crippen LogP contribution in [0.4, 0.5) is 5.69 Å². The third-order valence-corrected chi connectivity index (χ3v) is 3.56. The van der Waals surface area contributed by atoms with E-state index in [1.165, 1.54) is 0 Å². The zero-order valence-electron chi connectivity index (χ0n) is 8.80. The predicted molar refractivity (Wildman–Crippen MR) is 61.5 cm³/mol. The minimum Gasteiger partial charge on any atom is -0.273 e. The first-order valence-corrected chi connectivity index (χ1v) is 6.35. The minimum absolute atomic E-state index is 0.0694. The van der Waals surface area contributed by atoms with Gasteiger partial charge in [0.25, 0.3) is 0 Å². The number of para-hydroxylation sites is 1. The smallest absolute Gasteiger partial charge is 0.246 e. The summed E-state index contributed by atoms with van der Waals surface area (Å²) in [5, 5.41) is 0. The van der Waals surface area contributed by atoms with E-state index < -0.39 is 10.8 Å². The molecule has 0 aliphatic carbocycles. The molecule has 84 valence electrons. The van der Waals surface area contributed by atoms with Crippen molar-refractivity contribution < 1.29 is 13.8 Å². The van der Waals surface area contributed by atoms with Crippen molar-refractivity contribution in [2.24, 2.45) is 0 Å². The summed E-state index contributed by atoms with van der Waals surface area (Å²) in [6.45, 7) is 1.83. The van der Waals surface area contributed by atoms with Crippen molar-refractivity contribution in [3.8, 4) is 0 Å². The van der Waals surface area contributed by atoms with Gasteiger partial charge in [-0.25, -0.2) is 4.90 Å². The van der Waals surface area contributed by atoms with Gasteiger partial charge in [0.05, 0.1) is 5.69 Å². The van der Waals surface area contributed by atoms with Gasteiger partial charge in [0.1, 0.15) is 11.5 Å². The summed E-state index contributed by atoms with van der Waals surface area (Å²) in [7, 11) is -1.34. The van der Waals surface area contributed by atoms with Crippen molar-refractivity contribution >= 4 is 28.3 Å². The molecule has 1 aliphatic heterocycles. The molecule has 2 rings (SSSR count). The second-order valence-electron chi connectivity index (χ2n) is 3.64. The molecule has 0 aromatic heterocycles. The van der Waals surface area contributed by atoms with E-state index in [0.717, 1.165) is 10.5 Å². The molecule has 1 saturated heterocycles. The molecule has 0 radical (unpaired) electrons. The van der Waals surface area contributed by atoms with Crippen LogP contribution in [0.2, 0.25) is 0 Å². The second-order valence-corrected chi connectivity index (χ2v) is 5.09. The number of nitrogens with zero attached hydrogens (tertiary/aromatic N) is 1. The number of carbonyl (C=O) groups excluding carboxylic acids is 2. The Labute approximate surface area is 95.7 Å². The molecule has 0 atom stereocenters. The molecule has 1 aliphatic rings. The molecule has 16 heavy (non-hydrogen) atoms. The van der Waals surface area contributed by atoms with Crippen LogP contribution >= 0.6 is 0 Å². The van der Waals surface area contributed by atoms with E-state index in [0.29, 0.717) is 5.69 Å². The Kier molecular flexibility index (Phi) is 2.87. The fourth-order valence-electron chi connectivity index (χ4n) is 1.68. The molecule has 4 nitrogen and oxygen atoms in total. The molecule has 1 fully saturated rings. The second kappa shape index (κ2) is 4.17. The van der Waals surface area contributed by atoms with Crippen LogP contribution in [0.5, 0.6) is 0 Å². The van der Waals surface area contributed by atoms with Gasteiger partial charge < -0.3 is 0 Å². The molecule has 1 aromatic carbocycles. The molecule has 0 N–H and O–H groups in total. The lowest BCUT2D eigenvalue weighted by atomic mass is 10.2. The average molecular weight is 237 g/mol. The van der Waals surface area contributed by atoms with Crippen molar-refractivity contribution in [3.63, 3.8) is 0 Å². The van der Waals surface area contributed by atoms with Crippen LogP contribution in [0.15, 0.2) is 24.3 Å². The topological polar surface area (TPSA) is 54.5 Å². The number of benzene rings is 1. The van der Waals surface area contributed by atoms with Crippen LogP contribution < -0.4 is 4.90 Å². The fraction of sp³-hybridized carbons (Fsp3) is 0.273. The van der Waals surface area contributed by atoms with Crippen molar-refractivity contribution in [1.29, 1.82) is 0 Å². The van der Waals surface area contributed by atoms with Gasteiger partial charge in [0, 0.05) is 10.8 Å². The molecular weight excluding hydrogens is 226 g/mol. The van der Waals surface area contributed by atoms with Crippen molar-refractivity contribution in [2.75, 3.05) is 16.4 Å². The first-order chi connectivity index (χ1) is 7.59. The third kappa shape index (κ3) is 1.90. The number of carbonyl (C=O) groups is 2. The van der Waals surface area contributed by atoms with Gasteiger partial charge in [-0.05, 0) is 18.6 Å². The summed E-state index contributed by atoms with van der Waals surface area (Å²) >= 11 is 0. The molecule has 0 saturated carbocycles. The number of anilines is 1. The summed E-state index contributed by atoms with van der Waals surface area (Å²) in [4.78, 5) is 24.5. The normalized spacial score (nSPS) is 17.9. The maximum absolute atomic E-state index is 11.7. The zero-order chi connectivity index (χ0) is 11.7. The number of hydrogen-bond acceptors (Lipinski definition) is 3. The van der Waals surface area contributed by atoms with Gasteiger partial charge in [-0.1, -0.05) is 18.2 Å². The summed E-state index contributed by atoms with van der Waals surface area (Å²) in [6.07, 6.45) is 0. The van der Waals surface area contributed by atoms with E-state index in [1.54, 1.807) is 12.1 Å². The lowest BCUT2D eigenvalue weighted by Crippen LogP contribution is -2.47. The Hall–Kier alpha value is -1.49. The summed E-state index contributed by atoms with van der Waals surface area (Å²) < 4.78 is 11.2. The van der Waals surface area contributed by atoms with Gasteiger partial charge in [-0.2, -0.15) is 0 Å². The Balaban J connectivity index is 2.41. The van der Waals surface area contributed by atoms with Crippen LogP contribution in [0.1, 0.15) is 5.56 Å². The standard InChI is InChI=1S/C11H11NO3S/c1-8-4-2-3-5-9(8)12-10(13)6-16(15)7-11(12)14/h2-5H,6-7H2,1H3. The summed E-state index contributed by atoms with van der Waals surface area (Å²) in [6, 6.07) is 7.17. The molecule has 1 aromatic rings. The Morgan fingerprint density at radius 3 is 2.25 bits per heavy atom. The monoisotopic (exact) mass is 237 g/mol. The first kappa shape index (κ1) is 11.0. The average Bonchev–Trinajstić information content (AvgIpc) is 2.19. The predicted octanol–water partition coefficient (Wildman–Crippen LogP) is 0.617. The van der Waals surface area contributed by atoms with Gasteiger partial charge in [-0.3, -0.25) is 13.8 Å². The van der Waals surface area contributed by atoms with Crippen molar-refractivity contribution in [1.82, 2.24) is 0 Å². The Morgan fingerprint density at radius 1 is 1.12 bits per heavy atom. The van der Waals surface area contributed by atoms with Gasteiger partial charge in [-0.15, -0.1) is 0 Å². The minimum atomic E-state index is -1.34. The van der Waals surface area contributed by atoms with Crippen LogP contribution in [0.25, 0.3) is 0 Å². The van der Waals surface area contributed by atoms with Crippen LogP contribution in [-0.2, 0) is 20.4 Å². The first-order valence-electron chi connectivity index (χ1n) is 4.86. The molecule has 0 unspecified atom stereocenters. The quantitative estimate of drug-likeness (QED) is 0.673. The van der Waals surface area contributed by atoms with Crippen LogP contribution in [0, 0.1) is 6.92 Å². The van der Waals surface area contributed by atoms with Crippen LogP contribution in [-0.4, -0.2) is 27.5 Å². The Bertz CT molecular complexity index is 464. The van der Waals surface area contributed by atoms with Crippen LogP contribution in [0.3, 0.4) is 0 Å². The van der Waals surface area contributed by atoms with E-state index in [4.69, 9.17) is 0 Å². The molecular formula is C11H11NO3S. The highest BCUT2D eigenvalue weighted by Gasteiger charge is 2.32.